The summed E-state index contributed by atoms with van der Waals surface area (Å²) >= 11 is 0. The van der Waals surface area contributed by atoms with Crippen LogP contribution >= 0.6 is 0 Å². The van der Waals surface area contributed by atoms with Crippen molar-refractivity contribution in [3.8, 4) is 0 Å². The molecule has 0 aliphatic heterocycles. The summed E-state index contributed by atoms with van der Waals surface area (Å²) in [5.74, 6) is -0.915. The number of rotatable bonds is 3. The van der Waals surface area contributed by atoms with Gasteiger partial charge in [0.25, 0.3) is 0 Å². The Hall–Kier alpha value is -2.56. The van der Waals surface area contributed by atoms with Gasteiger partial charge in [-0.3, -0.25) is 9.78 Å². The van der Waals surface area contributed by atoms with E-state index in [1.165, 1.54) is 36.7 Å². The maximum atomic E-state index is 12.8. The smallest absolute Gasteiger partial charge is 0.215 e. The average Bonchev–Trinajstić information content (AvgIpc) is 2.41. The third kappa shape index (κ3) is 2.40. The average molecular weight is 244 g/mol. The van der Waals surface area contributed by atoms with E-state index in [2.05, 4.69) is 10.1 Å². The van der Waals surface area contributed by atoms with Crippen LogP contribution in [-0.2, 0) is 0 Å². The molecule has 0 amide bonds. The van der Waals surface area contributed by atoms with Gasteiger partial charge in [-0.1, -0.05) is 5.16 Å². The molecule has 2 aromatic rings. The molecule has 4 nitrogen and oxygen atoms in total. The summed E-state index contributed by atoms with van der Waals surface area (Å²) in [5.41, 5.74) is 0.590. The van der Waals surface area contributed by atoms with Gasteiger partial charge in [-0.15, -0.1) is 0 Å². The van der Waals surface area contributed by atoms with Crippen molar-refractivity contribution in [2.45, 2.75) is 0 Å². The predicted molar refractivity (Wildman–Crippen MR) is 63.3 cm³/mol. The fourth-order valence-corrected chi connectivity index (χ4v) is 1.48. The lowest BCUT2D eigenvalue weighted by atomic mass is 10.0. The number of nitrogens with zero attached hydrogens (tertiary/aromatic N) is 2. The van der Waals surface area contributed by atoms with Crippen LogP contribution in [0.1, 0.15) is 15.9 Å². The SMILES string of the molecule is O=C(/C(=N\O)c1ccncc1)c1ccc(F)cc1. The van der Waals surface area contributed by atoms with Crippen LogP contribution in [0.4, 0.5) is 4.39 Å². The molecule has 0 radical (unpaired) electrons. The minimum atomic E-state index is -0.483. The van der Waals surface area contributed by atoms with Crippen molar-refractivity contribution in [1.82, 2.24) is 4.98 Å². The molecule has 0 aliphatic rings. The first-order valence-electron chi connectivity index (χ1n) is 5.15. The van der Waals surface area contributed by atoms with Crippen LogP contribution in [0, 0.1) is 5.82 Å². The monoisotopic (exact) mass is 244 g/mol. The highest BCUT2D eigenvalue weighted by Gasteiger charge is 2.16. The Morgan fingerprint density at radius 2 is 1.67 bits per heavy atom. The number of Topliss-reactive ketones (excluding diaryl/α,β-unsaturated/α-hetero) is 1. The van der Waals surface area contributed by atoms with Crippen LogP contribution in [0.3, 0.4) is 0 Å². The molecule has 0 fully saturated rings. The van der Waals surface area contributed by atoms with Crippen molar-refractivity contribution in [1.29, 1.82) is 0 Å². The molecule has 1 N–H and O–H groups in total. The zero-order valence-corrected chi connectivity index (χ0v) is 9.25. The lowest BCUT2D eigenvalue weighted by molar-refractivity contribution is 0.106. The minimum Gasteiger partial charge on any atom is -0.410 e. The van der Waals surface area contributed by atoms with Gasteiger partial charge in [-0.05, 0) is 36.4 Å². The van der Waals surface area contributed by atoms with Crippen molar-refractivity contribution in [2.75, 3.05) is 0 Å². The molecule has 1 heterocycles. The standard InChI is InChI=1S/C13H9FN2O2/c14-11-3-1-10(2-4-11)13(17)12(16-18)9-5-7-15-8-6-9/h1-8,18H/b16-12-. The number of hydrogen-bond acceptors (Lipinski definition) is 4. The van der Waals surface area contributed by atoms with Crippen LogP contribution in [0.15, 0.2) is 53.9 Å². The second kappa shape index (κ2) is 5.18. The van der Waals surface area contributed by atoms with Crippen molar-refractivity contribution < 1.29 is 14.4 Å². The van der Waals surface area contributed by atoms with E-state index in [9.17, 15) is 9.18 Å². The maximum Gasteiger partial charge on any atom is 0.215 e. The summed E-state index contributed by atoms with van der Waals surface area (Å²) < 4.78 is 12.8. The summed E-state index contributed by atoms with van der Waals surface area (Å²) in [6.07, 6.45) is 2.97. The summed E-state index contributed by atoms with van der Waals surface area (Å²) in [6, 6.07) is 8.13. The van der Waals surface area contributed by atoms with Gasteiger partial charge in [-0.2, -0.15) is 0 Å². The molecule has 0 atom stereocenters. The Labute approximate surface area is 102 Å². The van der Waals surface area contributed by atoms with Gasteiger partial charge in [0.15, 0.2) is 5.71 Å². The normalized spacial score (nSPS) is 11.3. The Morgan fingerprint density at radius 3 is 2.22 bits per heavy atom. The summed E-state index contributed by atoms with van der Waals surface area (Å²) in [4.78, 5) is 15.9. The van der Waals surface area contributed by atoms with Gasteiger partial charge in [0.1, 0.15) is 5.82 Å². The van der Waals surface area contributed by atoms with E-state index in [-0.39, 0.29) is 11.3 Å². The topological polar surface area (TPSA) is 62.5 Å². The second-order valence-corrected chi connectivity index (χ2v) is 3.52. The number of benzene rings is 1. The first-order chi connectivity index (χ1) is 8.72. The molecular formula is C13H9FN2O2. The molecule has 90 valence electrons. The number of aromatic nitrogens is 1. The van der Waals surface area contributed by atoms with Gasteiger partial charge < -0.3 is 5.21 Å². The second-order valence-electron chi connectivity index (χ2n) is 3.52. The summed E-state index contributed by atoms with van der Waals surface area (Å²) in [6.45, 7) is 0. The first-order valence-corrected chi connectivity index (χ1v) is 5.15. The number of ketones is 1. The third-order valence-corrected chi connectivity index (χ3v) is 2.38. The van der Waals surface area contributed by atoms with E-state index in [1.54, 1.807) is 12.1 Å². The highest BCUT2D eigenvalue weighted by molar-refractivity contribution is 6.51. The fraction of sp³-hybridized carbons (Fsp3) is 0. The molecule has 0 saturated heterocycles. The fourth-order valence-electron chi connectivity index (χ4n) is 1.48. The van der Waals surface area contributed by atoms with Gasteiger partial charge in [-0.25, -0.2) is 4.39 Å². The van der Waals surface area contributed by atoms with E-state index in [4.69, 9.17) is 5.21 Å². The Balaban J connectivity index is 2.35. The lowest BCUT2D eigenvalue weighted by Crippen LogP contribution is -2.16. The van der Waals surface area contributed by atoms with Crippen LogP contribution in [0.5, 0.6) is 0 Å². The summed E-state index contributed by atoms with van der Waals surface area (Å²) in [7, 11) is 0. The van der Waals surface area contributed by atoms with Crippen molar-refractivity contribution >= 4 is 11.5 Å². The van der Waals surface area contributed by atoms with Crippen LogP contribution in [-0.4, -0.2) is 21.7 Å². The Kier molecular flexibility index (Phi) is 3.43. The van der Waals surface area contributed by atoms with Crippen molar-refractivity contribution in [3.63, 3.8) is 0 Å². The molecule has 0 spiro atoms. The minimum absolute atomic E-state index is 0.107. The number of carbonyl (C=O) groups is 1. The zero-order valence-electron chi connectivity index (χ0n) is 9.25. The number of halogens is 1. The van der Waals surface area contributed by atoms with Gasteiger partial charge in [0, 0.05) is 23.5 Å². The highest BCUT2D eigenvalue weighted by Crippen LogP contribution is 2.09. The van der Waals surface area contributed by atoms with Crippen LogP contribution in [0.2, 0.25) is 0 Å². The highest BCUT2D eigenvalue weighted by atomic mass is 19.1. The van der Waals surface area contributed by atoms with E-state index >= 15 is 0 Å². The Bertz CT molecular complexity index is 580. The van der Waals surface area contributed by atoms with Gasteiger partial charge >= 0.3 is 0 Å². The van der Waals surface area contributed by atoms with Gasteiger partial charge in [0.05, 0.1) is 0 Å². The molecule has 0 bridgehead atoms. The molecule has 2 rings (SSSR count). The quantitative estimate of drug-likeness (QED) is 0.390. The molecule has 1 aromatic carbocycles. The number of hydrogen-bond donors (Lipinski definition) is 1. The van der Waals surface area contributed by atoms with E-state index in [1.807, 2.05) is 0 Å². The lowest BCUT2D eigenvalue weighted by Gasteiger charge is -2.03. The van der Waals surface area contributed by atoms with E-state index in [0.29, 0.717) is 5.56 Å². The van der Waals surface area contributed by atoms with E-state index < -0.39 is 11.6 Å². The van der Waals surface area contributed by atoms with Crippen LogP contribution in [0.25, 0.3) is 0 Å². The molecule has 1 aromatic heterocycles. The molecule has 5 heteroatoms. The predicted octanol–water partition coefficient (Wildman–Crippen LogP) is 2.28. The maximum absolute atomic E-state index is 12.8. The molecule has 0 aliphatic carbocycles. The zero-order chi connectivity index (χ0) is 13.0. The number of oxime groups is 1. The van der Waals surface area contributed by atoms with Crippen LogP contribution < -0.4 is 0 Å². The third-order valence-electron chi connectivity index (χ3n) is 2.38. The molecule has 0 unspecified atom stereocenters. The Morgan fingerprint density at radius 1 is 1.06 bits per heavy atom. The summed E-state index contributed by atoms with van der Waals surface area (Å²) in [5, 5.41) is 11.9. The molecule has 0 saturated carbocycles. The van der Waals surface area contributed by atoms with E-state index in [0.717, 1.165) is 0 Å². The van der Waals surface area contributed by atoms with Gasteiger partial charge in [0.2, 0.25) is 5.78 Å². The number of carbonyl (C=O) groups excluding carboxylic acids is 1. The van der Waals surface area contributed by atoms with Crippen molar-refractivity contribution in [3.05, 3.63) is 65.7 Å². The molecular weight excluding hydrogens is 235 g/mol. The van der Waals surface area contributed by atoms with Crippen molar-refractivity contribution in [2.24, 2.45) is 5.16 Å². The molecule has 18 heavy (non-hydrogen) atoms. The first kappa shape index (κ1) is 11.9. The number of pyridine rings is 1. The largest absolute Gasteiger partial charge is 0.410 e.